The number of halogens is 1. The van der Waals surface area contributed by atoms with Crippen LogP contribution in [0.2, 0.25) is 0 Å². The van der Waals surface area contributed by atoms with Crippen LogP contribution in [0.15, 0.2) is 34.9 Å². The van der Waals surface area contributed by atoms with Crippen molar-refractivity contribution in [3.8, 4) is 5.88 Å². The molecule has 0 spiro atoms. The van der Waals surface area contributed by atoms with Gasteiger partial charge in [0.25, 0.3) is 11.8 Å². The molecule has 1 aliphatic heterocycles. The molecule has 134 valence electrons. The lowest BCUT2D eigenvalue weighted by Gasteiger charge is -2.13. The van der Waals surface area contributed by atoms with Crippen LogP contribution in [0.5, 0.6) is 5.88 Å². The van der Waals surface area contributed by atoms with Crippen molar-refractivity contribution in [2.75, 3.05) is 19.1 Å². The van der Waals surface area contributed by atoms with E-state index in [4.69, 9.17) is 4.74 Å². The molecule has 1 aliphatic rings. The highest BCUT2D eigenvalue weighted by molar-refractivity contribution is 9.10. The number of anilines is 1. The highest BCUT2D eigenvalue weighted by Gasteiger charge is 2.35. The largest absolute Gasteiger partial charge is 0.481 e. The van der Waals surface area contributed by atoms with Crippen molar-refractivity contribution in [1.29, 1.82) is 0 Å². The van der Waals surface area contributed by atoms with Crippen LogP contribution in [-0.2, 0) is 4.79 Å². The lowest BCUT2D eigenvalue weighted by atomic mass is 10.1. The van der Waals surface area contributed by atoms with Gasteiger partial charge in [-0.15, -0.1) is 0 Å². The van der Waals surface area contributed by atoms with Gasteiger partial charge in [0.05, 0.1) is 18.2 Å². The van der Waals surface area contributed by atoms with Crippen molar-refractivity contribution >= 4 is 39.6 Å². The lowest BCUT2D eigenvalue weighted by Crippen LogP contribution is -2.36. The number of aromatic nitrogens is 2. The Balaban J connectivity index is 1.55. The number of hydrazine groups is 1. The van der Waals surface area contributed by atoms with E-state index in [9.17, 15) is 14.4 Å². The van der Waals surface area contributed by atoms with Crippen molar-refractivity contribution < 1.29 is 19.1 Å². The van der Waals surface area contributed by atoms with Crippen molar-refractivity contribution in [1.82, 2.24) is 20.3 Å². The number of fused-ring (bicyclic) bond motifs is 1. The Labute approximate surface area is 156 Å². The van der Waals surface area contributed by atoms with E-state index >= 15 is 0 Å². The quantitative estimate of drug-likeness (QED) is 0.536. The van der Waals surface area contributed by atoms with Crippen LogP contribution in [0, 0.1) is 0 Å². The number of rotatable bonds is 6. The Hall–Kier alpha value is -3.01. The maximum Gasteiger partial charge on any atom is 0.261 e. The first-order valence-corrected chi connectivity index (χ1v) is 8.36. The molecule has 10 heteroatoms. The van der Waals surface area contributed by atoms with Gasteiger partial charge in [-0.3, -0.25) is 30.1 Å². The van der Waals surface area contributed by atoms with Gasteiger partial charge in [0.15, 0.2) is 0 Å². The zero-order chi connectivity index (χ0) is 18.7. The number of amides is 3. The second kappa shape index (κ2) is 7.48. The molecule has 2 aromatic rings. The summed E-state index contributed by atoms with van der Waals surface area (Å²) in [6, 6.07) is 6.44. The number of nitrogens with zero attached hydrogens (tertiary/aromatic N) is 3. The Morgan fingerprint density at radius 2 is 2.00 bits per heavy atom. The van der Waals surface area contributed by atoms with E-state index in [0.717, 1.165) is 4.90 Å². The monoisotopic (exact) mass is 419 g/mol. The van der Waals surface area contributed by atoms with Gasteiger partial charge in [0.1, 0.15) is 0 Å². The molecule has 26 heavy (non-hydrogen) atoms. The fourth-order valence-electron chi connectivity index (χ4n) is 2.38. The van der Waals surface area contributed by atoms with Crippen molar-refractivity contribution in [2.45, 2.75) is 6.42 Å². The van der Waals surface area contributed by atoms with E-state index in [2.05, 4.69) is 36.7 Å². The van der Waals surface area contributed by atoms with Crippen LogP contribution in [0.25, 0.3) is 0 Å². The highest BCUT2D eigenvalue weighted by atomic mass is 79.9. The van der Waals surface area contributed by atoms with Gasteiger partial charge in [-0.05, 0) is 18.2 Å². The lowest BCUT2D eigenvalue weighted by molar-refractivity contribution is -0.120. The van der Waals surface area contributed by atoms with Gasteiger partial charge < -0.3 is 4.74 Å². The number of carbonyl (C=O) groups excluding carboxylic acids is 3. The molecule has 3 amide bonds. The number of methoxy groups -OCH3 is 1. The number of hydrogen-bond acceptors (Lipinski definition) is 7. The normalized spacial score (nSPS) is 12.8. The molecule has 0 fully saturated rings. The van der Waals surface area contributed by atoms with E-state index in [1.54, 1.807) is 24.3 Å². The van der Waals surface area contributed by atoms with E-state index in [0.29, 0.717) is 21.5 Å². The molecule has 2 N–H and O–H groups in total. The smallest absolute Gasteiger partial charge is 0.261 e. The topological polar surface area (TPSA) is 114 Å². The van der Waals surface area contributed by atoms with E-state index in [1.807, 2.05) is 0 Å². The zero-order valence-electron chi connectivity index (χ0n) is 13.7. The van der Waals surface area contributed by atoms with Crippen LogP contribution in [0.4, 0.5) is 5.95 Å². The van der Waals surface area contributed by atoms with Crippen LogP contribution >= 0.6 is 15.9 Å². The molecule has 2 heterocycles. The van der Waals surface area contributed by atoms with Gasteiger partial charge in [0.2, 0.25) is 17.7 Å². The van der Waals surface area contributed by atoms with Gasteiger partial charge in [0, 0.05) is 29.7 Å². The fourth-order valence-corrected chi connectivity index (χ4v) is 2.74. The van der Waals surface area contributed by atoms with Crippen molar-refractivity contribution in [2.24, 2.45) is 0 Å². The van der Waals surface area contributed by atoms with Gasteiger partial charge in [-0.2, -0.15) is 4.98 Å². The van der Waals surface area contributed by atoms with Crippen LogP contribution in [0.3, 0.4) is 0 Å². The molecule has 3 rings (SSSR count). The first kappa shape index (κ1) is 17.8. The molecule has 0 bridgehead atoms. The summed E-state index contributed by atoms with van der Waals surface area (Å²) >= 11 is 3.27. The molecule has 0 aliphatic carbocycles. The predicted octanol–water partition coefficient (Wildman–Crippen LogP) is 1.38. The maximum absolute atomic E-state index is 12.3. The molecule has 0 saturated heterocycles. The third kappa shape index (κ3) is 3.64. The maximum atomic E-state index is 12.3. The minimum Gasteiger partial charge on any atom is -0.481 e. The predicted molar refractivity (Wildman–Crippen MR) is 94.5 cm³/mol. The molecule has 0 unspecified atom stereocenters. The van der Waals surface area contributed by atoms with Gasteiger partial charge >= 0.3 is 0 Å². The fraction of sp³-hybridized carbons (Fsp3) is 0.188. The highest BCUT2D eigenvalue weighted by Crippen LogP contribution is 2.26. The number of imide groups is 1. The number of carbonyl (C=O) groups is 3. The Morgan fingerprint density at radius 1 is 1.23 bits per heavy atom. The first-order chi connectivity index (χ1) is 12.5. The minimum absolute atomic E-state index is 0.0313. The molecule has 1 aromatic heterocycles. The summed E-state index contributed by atoms with van der Waals surface area (Å²) < 4.78 is 5.66. The van der Waals surface area contributed by atoms with Crippen LogP contribution < -0.4 is 15.6 Å². The van der Waals surface area contributed by atoms with Gasteiger partial charge in [-0.25, -0.2) is 4.98 Å². The summed E-state index contributed by atoms with van der Waals surface area (Å²) in [5.74, 6) is -0.746. The average molecular weight is 420 g/mol. The standard InChI is InChI=1S/C16H14BrN5O4/c1-26-13-4-6-18-16(19-13)21-20-12(23)5-7-22-14(24)10-3-2-9(17)8-11(10)15(22)25/h2-4,6,8H,5,7H2,1H3,(H,20,23)(H,18,19,21). The Morgan fingerprint density at radius 3 is 2.77 bits per heavy atom. The second-order valence-electron chi connectivity index (χ2n) is 5.30. The summed E-state index contributed by atoms with van der Waals surface area (Å²) in [6.07, 6.45) is 1.40. The minimum atomic E-state index is -0.422. The summed E-state index contributed by atoms with van der Waals surface area (Å²) in [6.45, 7) is -0.0313. The van der Waals surface area contributed by atoms with Crippen molar-refractivity contribution in [3.63, 3.8) is 0 Å². The third-order valence-electron chi connectivity index (χ3n) is 3.65. The van der Waals surface area contributed by atoms with E-state index < -0.39 is 17.7 Å². The third-order valence-corrected chi connectivity index (χ3v) is 4.14. The first-order valence-electron chi connectivity index (χ1n) is 7.57. The second-order valence-corrected chi connectivity index (χ2v) is 6.21. The summed E-state index contributed by atoms with van der Waals surface area (Å²) in [5, 5.41) is 0. The summed E-state index contributed by atoms with van der Waals surface area (Å²) in [5.41, 5.74) is 5.61. The van der Waals surface area contributed by atoms with E-state index in [-0.39, 0.29) is 18.9 Å². The average Bonchev–Trinajstić information content (AvgIpc) is 2.88. The molecule has 1 aromatic carbocycles. The number of ether oxygens (including phenoxy) is 1. The Bertz CT molecular complexity index is 889. The molecular formula is C16H14BrN5O4. The van der Waals surface area contributed by atoms with Crippen LogP contribution in [0.1, 0.15) is 27.1 Å². The molecule has 0 radical (unpaired) electrons. The van der Waals surface area contributed by atoms with Crippen molar-refractivity contribution in [3.05, 3.63) is 46.1 Å². The number of hydrogen-bond donors (Lipinski definition) is 2. The summed E-state index contributed by atoms with van der Waals surface area (Å²) in [7, 11) is 1.46. The molecule has 9 nitrogen and oxygen atoms in total. The molecule has 0 saturated carbocycles. The SMILES string of the molecule is COc1ccnc(NNC(=O)CCN2C(=O)c3ccc(Br)cc3C2=O)n1. The number of benzene rings is 1. The van der Waals surface area contributed by atoms with Crippen LogP contribution in [-0.4, -0.2) is 46.2 Å². The molecule has 0 atom stereocenters. The Kier molecular flexibility index (Phi) is 5.12. The van der Waals surface area contributed by atoms with Gasteiger partial charge in [-0.1, -0.05) is 15.9 Å². The zero-order valence-corrected chi connectivity index (χ0v) is 15.2. The molecular weight excluding hydrogens is 406 g/mol. The summed E-state index contributed by atoms with van der Waals surface area (Å²) in [4.78, 5) is 45.5. The number of nitrogens with one attached hydrogen (secondary N) is 2. The van der Waals surface area contributed by atoms with E-state index in [1.165, 1.54) is 13.3 Å².